The molecule has 1 aromatic carbocycles. The average Bonchev–Trinajstić information content (AvgIpc) is 3.20. The molecular formula is C24H36N2O4. The maximum Gasteiger partial charge on any atom is 0.255 e. The van der Waals surface area contributed by atoms with E-state index in [1.54, 1.807) is 0 Å². The van der Waals surface area contributed by atoms with E-state index in [2.05, 4.69) is 10.2 Å². The van der Waals surface area contributed by atoms with Crippen molar-refractivity contribution in [2.45, 2.75) is 63.5 Å². The Morgan fingerprint density at radius 2 is 1.87 bits per heavy atom. The number of nitrogens with zero attached hydrogens (tertiary/aromatic N) is 1. The molecule has 2 heterocycles. The molecule has 1 amide bonds. The minimum Gasteiger partial charge on any atom is -0.492 e. The van der Waals surface area contributed by atoms with Crippen LogP contribution in [0, 0.1) is 5.41 Å². The van der Waals surface area contributed by atoms with Gasteiger partial charge in [0.25, 0.3) is 5.91 Å². The molecule has 2 atom stereocenters. The third-order valence-corrected chi connectivity index (χ3v) is 7.21. The van der Waals surface area contributed by atoms with Crippen LogP contribution in [0.25, 0.3) is 0 Å². The summed E-state index contributed by atoms with van der Waals surface area (Å²) in [6.45, 7) is 4.47. The first-order chi connectivity index (χ1) is 14.7. The van der Waals surface area contributed by atoms with Crippen LogP contribution in [0.2, 0.25) is 0 Å². The molecule has 166 valence electrons. The standard InChI is InChI=1S/C24H36N2O4/c27-21-8-5-7-20(21)26-14-11-24(12-15-26)10-3-4-16-29-17-13-25-23(28)19-6-1-2-9-22(19)30-18-24/h1-2,6,9,20-21,27H,3-5,7-8,10-18H2,(H,25,28). The van der Waals surface area contributed by atoms with Crippen LogP contribution in [-0.4, -0.2) is 67.5 Å². The van der Waals surface area contributed by atoms with E-state index in [1.165, 1.54) is 0 Å². The number of carbonyl (C=O) groups is 1. The van der Waals surface area contributed by atoms with Crippen LogP contribution < -0.4 is 10.1 Å². The van der Waals surface area contributed by atoms with Gasteiger partial charge in [0, 0.05) is 24.6 Å². The van der Waals surface area contributed by atoms with Gasteiger partial charge < -0.3 is 19.9 Å². The summed E-state index contributed by atoms with van der Waals surface area (Å²) in [7, 11) is 0. The number of carbonyl (C=O) groups excluding carboxylic acids is 1. The van der Waals surface area contributed by atoms with Gasteiger partial charge in [-0.1, -0.05) is 18.6 Å². The van der Waals surface area contributed by atoms with Crippen molar-refractivity contribution in [1.82, 2.24) is 10.2 Å². The average molecular weight is 417 g/mol. The molecule has 6 heteroatoms. The monoisotopic (exact) mass is 416 g/mol. The highest BCUT2D eigenvalue weighted by molar-refractivity contribution is 5.96. The van der Waals surface area contributed by atoms with Crippen LogP contribution >= 0.6 is 0 Å². The number of hydrogen-bond acceptors (Lipinski definition) is 5. The van der Waals surface area contributed by atoms with Crippen molar-refractivity contribution >= 4 is 5.91 Å². The van der Waals surface area contributed by atoms with Gasteiger partial charge in [0.1, 0.15) is 5.75 Å². The van der Waals surface area contributed by atoms with E-state index in [-0.39, 0.29) is 17.4 Å². The molecule has 2 aliphatic heterocycles. The van der Waals surface area contributed by atoms with E-state index in [9.17, 15) is 9.90 Å². The predicted molar refractivity (Wildman–Crippen MR) is 116 cm³/mol. The Morgan fingerprint density at radius 3 is 2.67 bits per heavy atom. The Balaban J connectivity index is 1.46. The van der Waals surface area contributed by atoms with E-state index >= 15 is 0 Å². The zero-order valence-corrected chi connectivity index (χ0v) is 18.0. The highest BCUT2D eigenvalue weighted by atomic mass is 16.5. The number of aliphatic hydroxyl groups is 1. The molecule has 1 saturated heterocycles. The Bertz CT molecular complexity index is 702. The second kappa shape index (κ2) is 10.1. The number of likely N-dealkylation sites (tertiary alicyclic amines) is 1. The second-order valence-corrected chi connectivity index (χ2v) is 9.21. The molecule has 4 rings (SSSR count). The Labute approximate surface area is 179 Å². The molecule has 2 unspecified atom stereocenters. The maximum atomic E-state index is 12.6. The third-order valence-electron chi connectivity index (χ3n) is 7.21. The summed E-state index contributed by atoms with van der Waals surface area (Å²) in [4.78, 5) is 15.1. The molecule has 30 heavy (non-hydrogen) atoms. The number of fused-ring (bicyclic) bond motifs is 1. The molecule has 1 aliphatic carbocycles. The zero-order chi connectivity index (χ0) is 20.8. The van der Waals surface area contributed by atoms with Crippen molar-refractivity contribution in [1.29, 1.82) is 0 Å². The smallest absolute Gasteiger partial charge is 0.255 e. The molecule has 0 bridgehead atoms. The van der Waals surface area contributed by atoms with Crippen molar-refractivity contribution in [3.8, 4) is 5.75 Å². The van der Waals surface area contributed by atoms with E-state index in [0.717, 1.165) is 71.1 Å². The van der Waals surface area contributed by atoms with Gasteiger partial charge in [-0.2, -0.15) is 0 Å². The Hall–Kier alpha value is -1.63. The van der Waals surface area contributed by atoms with Crippen LogP contribution in [0.3, 0.4) is 0 Å². The minimum atomic E-state index is -0.165. The third kappa shape index (κ3) is 5.16. The van der Waals surface area contributed by atoms with Crippen LogP contribution in [0.1, 0.15) is 61.7 Å². The van der Waals surface area contributed by atoms with Crippen molar-refractivity contribution in [3.05, 3.63) is 29.8 Å². The van der Waals surface area contributed by atoms with E-state index in [0.29, 0.717) is 37.1 Å². The Kier molecular flexibility index (Phi) is 7.28. The normalized spacial score (nSPS) is 28.9. The molecule has 2 N–H and O–H groups in total. The fourth-order valence-electron chi connectivity index (χ4n) is 5.29. The van der Waals surface area contributed by atoms with Crippen molar-refractivity contribution in [2.75, 3.05) is 39.5 Å². The number of para-hydroxylation sites is 1. The molecule has 3 aliphatic rings. The van der Waals surface area contributed by atoms with E-state index in [4.69, 9.17) is 9.47 Å². The van der Waals surface area contributed by atoms with Crippen LogP contribution in [0.5, 0.6) is 5.75 Å². The first kappa shape index (κ1) is 21.6. The molecule has 1 saturated carbocycles. The lowest BCUT2D eigenvalue weighted by atomic mass is 9.74. The largest absolute Gasteiger partial charge is 0.492 e. The molecule has 0 aromatic heterocycles. The van der Waals surface area contributed by atoms with Crippen LogP contribution in [0.4, 0.5) is 0 Å². The number of hydrogen-bond donors (Lipinski definition) is 2. The van der Waals surface area contributed by atoms with Crippen molar-refractivity contribution in [2.24, 2.45) is 5.41 Å². The van der Waals surface area contributed by atoms with Crippen LogP contribution in [-0.2, 0) is 4.74 Å². The van der Waals surface area contributed by atoms with Gasteiger partial charge in [0.2, 0.25) is 0 Å². The fraction of sp³-hybridized carbons (Fsp3) is 0.708. The summed E-state index contributed by atoms with van der Waals surface area (Å²) in [5.41, 5.74) is 0.713. The van der Waals surface area contributed by atoms with E-state index in [1.807, 2.05) is 24.3 Å². The minimum absolute atomic E-state index is 0.106. The summed E-state index contributed by atoms with van der Waals surface area (Å²) in [5.74, 6) is 0.561. The summed E-state index contributed by atoms with van der Waals surface area (Å²) in [6, 6.07) is 7.86. The van der Waals surface area contributed by atoms with Crippen molar-refractivity contribution in [3.63, 3.8) is 0 Å². The highest BCUT2D eigenvalue weighted by Crippen LogP contribution is 2.40. The van der Waals surface area contributed by atoms with Gasteiger partial charge in [0.15, 0.2) is 0 Å². The van der Waals surface area contributed by atoms with Gasteiger partial charge in [-0.05, 0) is 70.2 Å². The summed E-state index contributed by atoms with van der Waals surface area (Å²) < 4.78 is 12.0. The fourth-order valence-corrected chi connectivity index (χ4v) is 5.29. The quantitative estimate of drug-likeness (QED) is 0.737. The van der Waals surface area contributed by atoms with Gasteiger partial charge in [0.05, 0.1) is 24.9 Å². The summed E-state index contributed by atoms with van der Waals surface area (Å²) >= 11 is 0. The van der Waals surface area contributed by atoms with Gasteiger partial charge in [-0.3, -0.25) is 9.69 Å². The summed E-state index contributed by atoms with van der Waals surface area (Å²) in [5, 5.41) is 13.2. The number of nitrogens with one attached hydrogen (secondary N) is 1. The first-order valence-corrected chi connectivity index (χ1v) is 11.7. The van der Waals surface area contributed by atoms with E-state index < -0.39 is 0 Å². The SMILES string of the molecule is O=C1NCCOCCCCC2(CCN(C3CCCC3O)CC2)COc2ccccc21. The molecule has 6 nitrogen and oxygen atoms in total. The molecule has 1 spiro atoms. The lowest BCUT2D eigenvalue weighted by Gasteiger charge is -2.44. The predicted octanol–water partition coefficient (Wildman–Crippen LogP) is 2.99. The molecule has 0 radical (unpaired) electrons. The number of amides is 1. The topological polar surface area (TPSA) is 71.0 Å². The number of aliphatic hydroxyl groups excluding tert-OH is 1. The van der Waals surface area contributed by atoms with Gasteiger partial charge in [-0.15, -0.1) is 0 Å². The zero-order valence-electron chi connectivity index (χ0n) is 18.0. The number of benzene rings is 1. The second-order valence-electron chi connectivity index (χ2n) is 9.21. The maximum absolute atomic E-state index is 12.6. The van der Waals surface area contributed by atoms with Crippen LogP contribution in [0.15, 0.2) is 24.3 Å². The number of piperidine rings is 1. The molecular weight excluding hydrogens is 380 g/mol. The Morgan fingerprint density at radius 1 is 1.03 bits per heavy atom. The number of ether oxygens (including phenoxy) is 2. The molecule has 2 fully saturated rings. The lowest BCUT2D eigenvalue weighted by molar-refractivity contribution is -0.00100. The molecule has 1 aromatic rings. The first-order valence-electron chi connectivity index (χ1n) is 11.7. The lowest BCUT2D eigenvalue weighted by Crippen LogP contribution is -2.49. The van der Waals surface area contributed by atoms with Gasteiger partial charge in [-0.25, -0.2) is 0 Å². The highest BCUT2D eigenvalue weighted by Gasteiger charge is 2.39. The summed E-state index contributed by atoms with van der Waals surface area (Å²) in [6.07, 6.45) is 8.46. The number of rotatable bonds is 1. The van der Waals surface area contributed by atoms with Crippen molar-refractivity contribution < 1.29 is 19.4 Å². The van der Waals surface area contributed by atoms with Gasteiger partial charge >= 0.3 is 0 Å².